The van der Waals surface area contributed by atoms with Crippen LogP contribution in [0.25, 0.3) is 0 Å². The first-order valence-electron chi connectivity index (χ1n) is 12.4. The Hall–Kier alpha value is -2.84. The van der Waals surface area contributed by atoms with E-state index in [1.165, 1.54) is 20.8 Å². The monoisotopic (exact) mass is 529 g/mol. The van der Waals surface area contributed by atoms with E-state index in [2.05, 4.69) is 16.0 Å². The molecule has 4 amide bonds. The number of carbonyl (C=O) groups is 4. The van der Waals surface area contributed by atoms with Crippen LogP contribution in [0.15, 0.2) is 0 Å². The summed E-state index contributed by atoms with van der Waals surface area (Å²) >= 11 is 0. The minimum absolute atomic E-state index is 0.0701. The largest absolute Gasteiger partial charge is 0.471 e. The molecule has 12 heteroatoms. The highest BCUT2D eigenvalue weighted by Gasteiger charge is 2.49. The van der Waals surface area contributed by atoms with Crippen molar-refractivity contribution in [2.75, 3.05) is 0 Å². The molecule has 1 saturated carbocycles. The summed E-state index contributed by atoms with van der Waals surface area (Å²) in [5.74, 6) is -4.47. The molecule has 2 rings (SSSR count). The van der Waals surface area contributed by atoms with Gasteiger partial charge in [0, 0.05) is 11.5 Å². The zero-order valence-corrected chi connectivity index (χ0v) is 22.4. The van der Waals surface area contributed by atoms with Crippen LogP contribution in [0.2, 0.25) is 0 Å². The lowest BCUT2D eigenvalue weighted by atomic mass is 9.85. The zero-order valence-electron chi connectivity index (χ0n) is 22.4. The molecule has 5 atom stereocenters. The van der Waals surface area contributed by atoms with Gasteiger partial charge >= 0.3 is 12.1 Å². The van der Waals surface area contributed by atoms with Crippen LogP contribution in [0.3, 0.4) is 0 Å². The summed E-state index contributed by atoms with van der Waals surface area (Å²) in [7, 11) is 0. The zero-order chi connectivity index (χ0) is 28.6. The molecule has 4 N–H and O–H groups in total. The van der Waals surface area contributed by atoms with E-state index in [1.54, 1.807) is 5.32 Å². The molecule has 1 heterocycles. The maximum Gasteiger partial charge on any atom is 0.471 e. The van der Waals surface area contributed by atoms with Gasteiger partial charge in [0.05, 0.1) is 6.07 Å². The molecule has 1 aliphatic heterocycles. The summed E-state index contributed by atoms with van der Waals surface area (Å²) in [4.78, 5) is 50.1. The highest BCUT2D eigenvalue weighted by molar-refractivity contribution is 5.93. The van der Waals surface area contributed by atoms with Gasteiger partial charge in [-0.1, -0.05) is 34.6 Å². The second-order valence-corrected chi connectivity index (χ2v) is 12.7. The van der Waals surface area contributed by atoms with Crippen LogP contribution in [0.5, 0.6) is 0 Å². The van der Waals surface area contributed by atoms with Crippen LogP contribution in [0.4, 0.5) is 13.2 Å². The van der Waals surface area contributed by atoms with Crippen molar-refractivity contribution in [3.63, 3.8) is 0 Å². The number of nitrogens with one attached hydrogen (secondary N) is 4. The molecule has 2 aliphatic rings. The van der Waals surface area contributed by atoms with Gasteiger partial charge in [-0.15, -0.1) is 0 Å². The lowest BCUT2D eigenvalue weighted by Gasteiger charge is -2.32. The molecular formula is C25H38F3N5O4. The molecule has 0 aromatic heterocycles. The highest BCUT2D eigenvalue weighted by atomic mass is 19.4. The van der Waals surface area contributed by atoms with Crippen molar-refractivity contribution >= 4 is 23.6 Å². The standard InChI is InChI=1S/C25H38F3N5O4/c1-22(2,3)17(32-21(37)25(26,27)28)20(36)31-16(9-14-11-23(14,4)5)19(35)30-15(12-29)8-13-10-24(6,7)33-18(13)34/h13-17H,8-11H2,1-7H3,(H,30,35)(H,31,36)(H,32,37)(H,33,34). The maximum atomic E-state index is 13.2. The third-order valence-electron chi connectivity index (χ3n) is 7.11. The van der Waals surface area contributed by atoms with Gasteiger partial charge in [-0.2, -0.15) is 18.4 Å². The Morgan fingerprint density at radius 1 is 1.03 bits per heavy atom. The Kier molecular flexibility index (Phi) is 8.62. The van der Waals surface area contributed by atoms with E-state index in [1.807, 2.05) is 33.8 Å². The number of amides is 4. The predicted molar refractivity (Wildman–Crippen MR) is 128 cm³/mol. The Morgan fingerprint density at radius 2 is 1.59 bits per heavy atom. The second kappa shape index (κ2) is 10.5. The number of hydrogen-bond acceptors (Lipinski definition) is 5. The number of hydrogen-bond donors (Lipinski definition) is 4. The summed E-state index contributed by atoms with van der Waals surface area (Å²) in [6, 6.07) is -1.73. The quantitative estimate of drug-likeness (QED) is 0.363. The maximum absolute atomic E-state index is 13.2. The Bertz CT molecular complexity index is 965. The van der Waals surface area contributed by atoms with Gasteiger partial charge in [0.1, 0.15) is 18.1 Å². The van der Waals surface area contributed by atoms with Crippen LogP contribution < -0.4 is 21.3 Å². The van der Waals surface area contributed by atoms with Crippen molar-refractivity contribution in [3.8, 4) is 6.07 Å². The molecule has 1 aliphatic carbocycles. The van der Waals surface area contributed by atoms with E-state index in [9.17, 15) is 37.6 Å². The number of nitriles is 1. The molecule has 37 heavy (non-hydrogen) atoms. The van der Waals surface area contributed by atoms with Crippen LogP contribution in [0, 0.1) is 34.0 Å². The molecule has 9 nitrogen and oxygen atoms in total. The molecule has 208 valence electrons. The lowest BCUT2D eigenvalue weighted by Crippen LogP contribution is -2.60. The van der Waals surface area contributed by atoms with Crippen LogP contribution in [-0.2, 0) is 19.2 Å². The summed E-state index contributed by atoms with van der Waals surface area (Å²) in [6.07, 6.45) is -3.61. The van der Waals surface area contributed by atoms with E-state index in [0.717, 1.165) is 6.42 Å². The first kappa shape index (κ1) is 30.4. The number of carbonyl (C=O) groups excluding carboxylic acids is 4. The van der Waals surface area contributed by atoms with Crippen molar-refractivity contribution in [2.24, 2.45) is 22.7 Å². The number of alkyl halides is 3. The van der Waals surface area contributed by atoms with Gasteiger partial charge in [-0.3, -0.25) is 19.2 Å². The van der Waals surface area contributed by atoms with Crippen molar-refractivity contribution in [1.82, 2.24) is 21.3 Å². The topological polar surface area (TPSA) is 140 Å². The van der Waals surface area contributed by atoms with Crippen molar-refractivity contribution in [2.45, 2.75) is 104 Å². The third-order valence-corrected chi connectivity index (χ3v) is 7.11. The number of nitrogens with zero attached hydrogens (tertiary/aromatic N) is 1. The molecule has 0 radical (unpaired) electrons. The van der Waals surface area contributed by atoms with Crippen molar-refractivity contribution in [3.05, 3.63) is 0 Å². The first-order valence-corrected chi connectivity index (χ1v) is 12.4. The van der Waals surface area contributed by atoms with Gasteiger partial charge < -0.3 is 21.3 Å². The Balaban J connectivity index is 2.18. The fourth-order valence-corrected chi connectivity index (χ4v) is 4.72. The SMILES string of the molecule is CC1(C)CC(CC(C#N)NC(=O)C(CC2CC2(C)C)NC(=O)C(NC(=O)C(F)(F)F)C(C)(C)C)C(=O)N1. The smallest absolute Gasteiger partial charge is 0.351 e. The Labute approximate surface area is 215 Å². The van der Waals surface area contributed by atoms with Crippen molar-refractivity contribution < 1.29 is 32.3 Å². The molecule has 1 saturated heterocycles. The summed E-state index contributed by atoms with van der Waals surface area (Å²) in [5, 5.41) is 19.3. The van der Waals surface area contributed by atoms with Crippen LogP contribution in [0.1, 0.15) is 74.1 Å². The normalized spacial score (nSPS) is 24.6. The minimum Gasteiger partial charge on any atom is -0.351 e. The lowest BCUT2D eigenvalue weighted by molar-refractivity contribution is -0.175. The fourth-order valence-electron chi connectivity index (χ4n) is 4.72. The third kappa shape index (κ3) is 8.33. The molecular weight excluding hydrogens is 491 g/mol. The van der Waals surface area contributed by atoms with E-state index >= 15 is 0 Å². The molecule has 0 bridgehead atoms. The van der Waals surface area contributed by atoms with Gasteiger partial charge in [-0.25, -0.2) is 0 Å². The first-order chi connectivity index (χ1) is 16.7. The summed E-state index contributed by atoms with van der Waals surface area (Å²) in [5.41, 5.74) is -1.59. The van der Waals surface area contributed by atoms with E-state index in [-0.39, 0.29) is 30.1 Å². The van der Waals surface area contributed by atoms with Gasteiger partial charge in [0.25, 0.3) is 0 Å². The fraction of sp³-hybridized carbons (Fsp3) is 0.800. The average Bonchev–Trinajstić information content (AvgIpc) is 3.22. The van der Waals surface area contributed by atoms with Gasteiger partial charge in [0.2, 0.25) is 17.7 Å². The average molecular weight is 530 g/mol. The highest BCUT2D eigenvalue weighted by Crippen LogP contribution is 2.54. The molecule has 0 spiro atoms. The van der Waals surface area contributed by atoms with Crippen molar-refractivity contribution in [1.29, 1.82) is 5.26 Å². The summed E-state index contributed by atoms with van der Waals surface area (Å²) in [6.45, 7) is 12.2. The molecule has 5 unspecified atom stereocenters. The summed E-state index contributed by atoms with van der Waals surface area (Å²) < 4.78 is 38.6. The van der Waals surface area contributed by atoms with Crippen LogP contribution >= 0.6 is 0 Å². The van der Waals surface area contributed by atoms with Gasteiger partial charge in [-0.05, 0) is 56.3 Å². The predicted octanol–water partition coefficient (Wildman–Crippen LogP) is 2.31. The number of rotatable bonds is 9. The molecule has 0 aromatic rings. The second-order valence-electron chi connectivity index (χ2n) is 12.7. The molecule has 2 fully saturated rings. The number of halogens is 3. The van der Waals surface area contributed by atoms with Crippen LogP contribution in [-0.4, -0.2) is 53.5 Å². The molecule has 0 aromatic carbocycles. The Morgan fingerprint density at radius 3 is 2.00 bits per heavy atom. The van der Waals surface area contributed by atoms with Gasteiger partial charge in [0.15, 0.2) is 0 Å². The van der Waals surface area contributed by atoms with E-state index in [4.69, 9.17) is 0 Å². The van der Waals surface area contributed by atoms with E-state index < -0.39 is 58.9 Å². The minimum atomic E-state index is -5.18. The van der Waals surface area contributed by atoms with E-state index in [0.29, 0.717) is 6.42 Å².